The van der Waals surface area contributed by atoms with Crippen LogP contribution in [0.15, 0.2) is 34.7 Å². The molecule has 0 saturated heterocycles. The number of ketones is 1. The average molecular weight is 289 g/mol. The number of hydrogen-bond donors (Lipinski definition) is 1. The van der Waals surface area contributed by atoms with Crippen molar-refractivity contribution in [1.82, 2.24) is 0 Å². The fourth-order valence-corrected chi connectivity index (χ4v) is 2.16. The molecule has 0 spiro atoms. The van der Waals surface area contributed by atoms with E-state index in [1.165, 1.54) is 18.2 Å². The minimum Gasteiger partial charge on any atom is -0.475 e. The largest absolute Gasteiger partial charge is 0.475 e. The molecule has 3 rings (SSSR count). The van der Waals surface area contributed by atoms with E-state index in [1.807, 2.05) is 0 Å². The number of aromatic carboxylic acids is 1. The standard InChI is InChI=1S/C14H8FNO5/c15-7-1-3-10-9(5-7)12(17)13(18)16(10)6-8-2-4-11(21-8)14(19)20/h1-5H,6H2,(H,19,20). The van der Waals surface area contributed by atoms with E-state index < -0.39 is 23.5 Å². The van der Waals surface area contributed by atoms with Gasteiger partial charge < -0.3 is 9.52 Å². The zero-order valence-electron chi connectivity index (χ0n) is 10.5. The van der Waals surface area contributed by atoms with Crippen LogP contribution in [0.1, 0.15) is 26.7 Å². The number of halogens is 1. The highest BCUT2D eigenvalue weighted by Crippen LogP contribution is 2.31. The third-order valence-electron chi connectivity index (χ3n) is 3.12. The van der Waals surface area contributed by atoms with Crippen LogP contribution >= 0.6 is 0 Å². The van der Waals surface area contributed by atoms with E-state index in [0.29, 0.717) is 0 Å². The summed E-state index contributed by atoms with van der Waals surface area (Å²) < 4.78 is 18.2. The van der Waals surface area contributed by atoms with Crippen LogP contribution < -0.4 is 4.90 Å². The second-order valence-corrected chi connectivity index (χ2v) is 4.45. The highest BCUT2D eigenvalue weighted by Gasteiger charge is 2.36. The molecule has 2 aromatic rings. The number of hydrogen-bond acceptors (Lipinski definition) is 4. The van der Waals surface area contributed by atoms with Crippen LogP contribution in [-0.4, -0.2) is 22.8 Å². The summed E-state index contributed by atoms with van der Waals surface area (Å²) in [6.45, 7) is -0.101. The van der Waals surface area contributed by atoms with E-state index in [1.54, 1.807) is 0 Å². The van der Waals surface area contributed by atoms with E-state index in [0.717, 1.165) is 17.0 Å². The molecule has 1 aromatic carbocycles. The summed E-state index contributed by atoms with van der Waals surface area (Å²) in [5, 5.41) is 8.77. The summed E-state index contributed by atoms with van der Waals surface area (Å²) in [6.07, 6.45) is 0. The molecule has 0 atom stereocenters. The van der Waals surface area contributed by atoms with E-state index in [2.05, 4.69) is 0 Å². The predicted octanol–water partition coefficient (Wildman–Crippen LogP) is 1.85. The highest BCUT2D eigenvalue weighted by atomic mass is 19.1. The molecule has 1 aliphatic rings. The number of benzene rings is 1. The summed E-state index contributed by atoms with van der Waals surface area (Å²) in [5.74, 6) is -3.48. The second kappa shape index (κ2) is 4.55. The molecule has 0 bridgehead atoms. The Bertz CT molecular complexity index is 779. The summed E-state index contributed by atoms with van der Waals surface area (Å²) in [5.41, 5.74) is 0.268. The van der Waals surface area contributed by atoms with E-state index in [4.69, 9.17) is 9.52 Å². The van der Waals surface area contributed by atoms with Gasteiger partial charge in [-0.25, -0.2) is 9.18 Å². The van der Waals surface area contributed by atoms with Crippen molar-refractivity contribution in [2.75, 3.05) is 4.90 Å². The van der Waals surface area contributed by atoms with Gasteiger partial charge in [-0.1, -0.05) is 0 Å². The van der Waals surface area contributed by atoms with Crippen LogP contribution in [0, 0.1) is 5.82 Å². The lowest BCUT2D eigenvalue weighted by molar-refractivity contribution is -0.114. The summed E-state index contributed by atoms with van der Waals surface area (Å²) in [6, 6.07) is 6.13. The van der Waals surface area contributed by atoms with Crippen LogP contribution in [0.4, 0.5) is 10.1 Å². The van der Waals surface area contributed by atoms with Gasteiger partial charge in [-0.05, 0) is 30.3 Å². The first kappa shape index (κ1) is 13.0. The lowest BCUT2D eigenvalue weighted by Gasteiger charge is -2.14. The van der Waals surface area contributed by atoms with Gasteiger partial charge in [0.15, 0.2) is 0 Å². The van der Waals surface area contributed by atoms with Crippen molar-refractivity contribution in [3.05, 3.63) is 53.2 Å². The molecule has 7 heteroatoms. The number of carbonyl (C=O) groups excluding carboxylic acids is 2. The quantitative estimate of drug-likeness (QED) is 0.871. The average Bonchev–Trinajstić information content (AvgIpc) is 2.99. The van der Waals surface area contributed by atoms with Crippen molar-refractivity contribution in [3.8, 4) is 0 Å². The Hall–Kier alpha value is -2.96. The SMILES string of the molecule is O=C(O)c1ccc(CN2C(=O)C(=O)c3cc(F)ccc32)o1. The number of carboxylic acids is 1. The number of rotatable bonds is 3. The normalized spacial score (nSPS) is 13.7. The third kappa shape index (κ3) is 2.08. The highest BCUT2D eigenvalue weighted by molar-refractivity contribution is 6.52. The van der Waals surface area contributed by atoms with Gasteiger partial charge >= 0.3 is 5.97 Å². The Kier molecular flexibility index (Phi) is 2.83. The maximum atomic E-state index is 13.1. The van der Waals surface area contributed by atoms with Gasteiger partial charge in [0, 0.05) is 0 Å². The van der Waals surface area contributed by atoms with E-state index >= 15 is 0 Å². The summed E-state index contributed by atoms with van der Waals surface area (Å²) >= 11 is 0. The lowest BCUT2D eigenvalue weighted by Crippen LogP contribution is -2.28. The topological polar surface area (TPSA) is 87.8 Å². The smallest absolute Gasteiger partial charge is 0.371 e. The first-order valence-electron chi connectivity index (χ1n) is 5.95. The molecule has 0 saturated carbocycles. The van der Waals surface area contributed by atoms with Crippen LogP contribution in [0.3, 0.4) is 0 Å². The zero-order valence-corrected chi connectivity index (χ0v) is 10.5. The van der Waals surface area contributed by atoms with Gasteiger partial charge in [0.25, 0.3) is 11.7 Å². The Morgan fingerprint density at radius 3 is 2.67 bits per heavy atom. The van der Waals surface area contributed by atoms with Crippen molar-refractivity contribution < 1.29 is 28.3 Å². The molecule has 21 heavy (non-hydrogen) atoms. The van der Waals surface area contributed by atoms with Gasteiger partial charge in [0.05, 0.1) is 17.8 Å². The maximum Gasteiger partial charge on any atom is 0.371 e. The van der Waals surface area contributed by atoms with Gasteiger partial charge in [-0.2, -0.15) is 0 Å². The third-order valence-corrected chi connectivity index (χ3v) is 3.12. The Balaban J connectivity index is 1.94. The predicted molar refractivity (Wildman–Crippen MR) is 67.6 cm³/mol. The minimum atomic E-state index is -1.23. The number of carbonyl (C=O) groups is 3. The van der Waals surface area contributed by atoms with Crippen molar-refractivity contribution in [2.45, 2.75) is 6.54 Å². The van der Waals surface area contributed by atoms with E-state index in [9.17, 15) is 18.8 Å². The van der Waals surface area contributed by atoms with Crippen molar-refractivity contribution in [1.29, 1.82) is 0 Å². The monoisotopic (exact) mass is 289 g/mol. The number of carboxylic acid groups (broad SMARTS) is 1. The second-order valence-electron chi connectivity index (χ2n) is 4.45. The number of Topliss-reactive ketones (excluding diaryl/α,β-unsaturated/α-hetero) is 1. The van der Waals surface area contributed by atoms with Crippen molar-refractivity contribution >= 4 is 23.3 Å². The first-order valence-corrected chi connectivity index (χ1v) is 5.95. The zero-order chi connectivity index (χ0) is 15.1. The molecule has 0 radical (unpaired) electrons. The molecule has 1 aromatic heterocycles. The molecule has 1 aliphatic heterocycles. The number of amides is 1. The van der Waals surface area contributed by atoms with Crippen LogP contribution in [0.25, 0.3) is 0 Å². The van der Waals surface area contributed by atoms with Crippen molar-refractivity contribution in [3.63, 3.8) is 0 Å². The molecular weight excluding hydrogens is 281 g/mol. The maximum absolute atomic E-state index is 13.1. The van der Waals surface area contributed by atoms with Gasteiger partial charge in [0.1, 0.15) is 11.6 Å². The number of nitrogens with zero attached hydrogens (tertiary/aromatic N) is 1. The molecule has 6 nitrogen and oxygen atoms in total. The first-order chi connectivity index (χ1) is 9.97. The molecule has 106 valence electrons. The molecule has 0 aliphatic carbocycles. The van der Waals surface area contributed by atoms with Crippen LogP contribution in [0.2, 0.25) is 0 Å². The van der Waals surface area contributed by atoms with E-state index in [-0.39, 0.29) is 29.3 Å². The summed E-state index contributed by atoms with van der Waals surface area (Å²) in [4.78, 5) is 35.6. The van der Waals surface area contributed by atoms with Crippen LogP contribution in [0.5, 0.6) is 0 Å². The van der Waals surface area contributed by atoms with Gasteiger partial charge in [-0.3, -0.25) is 14.5 Å². The number of furan rings is 1. The van der Waals surface area contributed by atoms with Crippen molar-refractivity contribution in [2.24, 2.45) is 0 Å². The molecule has 1 N–H and O–H groups in total. The lowest BCUT2D eigenvalue weighted by atomic mass is 10.1. The fourth-order valence-electron chi connectivity index (χ4n) is 2.16. The Morgan fingerprint density at radius 2 is 2.00 bits per heavy atom. The fraction of sp³-hybridized carbons (Fsp3) is 0.0714. The van der Waals surface area contributed by atoms with Gasteiger partial charge in [-0.15, -0.1) is 0 Å². The van der Waals surface area contributed by atoms with Crippen LogP contribution in [-0.2, 0) is 11.3 Å². The number of fused-ring (bicyclic) bond motifs is 1. The molecule has 1 amide bonds. The Morgan fingerprint density at radius 1 is 1.24 bits per heavy atom. The Labute approximate surface area is 117 Å². The molecule has 0 unspecified atom stereocenters. The number of anilines is 1. The molecule has 0 fully saturated rings. The molecule has 2 heterocycles. The molecular formula is C14H8FNO5. The summed E-state index contributed by atoms with van der Waals surface area (Å²) in [7, 11) is 0. The minimum absolute atomic E-state index is 0.00925. The van der Waals surface area contributed by atoms with Gasteiger partial charge in [0.2, 0.25) is 5.76 Å².